The third-order valence-electron chi connectivity index (χ3n) is 4.99. The van der Waals surface area contributed by atoms with E-state index in [-0.39, 0.29) is 18.4 Å². The maximum atomic E-state index is 12.8. The van der Waals surface area contributed by atoms with E-state index in [0.29, 0.717) is 22.0 Å². The van der Waals surface area contributed by atoms with Crippen LogP contribution in [0.5, 0.6) is 5.75 Å². The molecule has 0 radical (unpaired) electrons. The molecule has 6 heteroatoms. The molecule has 0 bridgehead atoms. The Morgan fingerprint density at radius 3 is 2.59 bits per heavy atom. The first-order chi connectivity index (χ1) is 14.1. The number of halogens is 1. The van der Waals surface area contributed by atoms with Crippen LogP contribution < -0.4 is 10.1 Å². The van der Waals surface area contributed by atoms with E-state index in [1.807, 2.05) is 42.5 Å². The molecule has 29 heavy (non-hydrogen) atoms. The maximum absolute atomic E-state index is 12.8. The lowest BCUT2D eigenvalue weighted by molar-refractivity contribution is -0.118. The Hall–Kier alpha value is -3.05. The number of benzene rings is 3. The van der Waals surface area contributed by atoms with E-state index < -0.39 is 0 Å². The Labute approximate surface area is 174 Å². The van der Waals surface area contributed by atoms with Crippen molar-refractivity contribution in [2.45, 2.75) is 12.8 Å². The first-order valence-corrected chi connectivity index (χ1v) is 9.99. The van der Waals surface area contributed by atoms with Gasteiger partial charge in [0.2, 0.25) is 0 Å². The molecule has 3 aromatic rings. The van der Waals surface area contributed by atoms with Gasteiger partial charge in [-0.2, -0.15) is 0 Å². The van der Waals surface area contributed by atoms with Crippen molar-refractivity contribution in [3.8, 4) is 5.75 Å². The van der Waals surface area contributed by atoms with E-state index in [1.54, 1.807) is 23.1 Å². The summed E-state index contributed by atoms with van der Waals surface area (Å²) in [5.74, 6) is 0.192. The van der Waals surface area contributed by atoms with E-state index in [0.717, 1.165) is 36.7 Å². The maximum Gasteiger partial charge on any atom is 0.262 e. The molecule has 0 aliphatic carbocycles. The fourth-order valence-corrected chi connectivity index (χ4v) is 3.72. The van der Waals surface area contributed by atoms with Gasteiger partial charge in [-0.1, -0.05) is 48.0 Å². The van der Waals surface area contributed by atoms with E-state index >= 15 is 0 Å². The number of anilines is 1. The van der Waals surface area contributed by atoms with Crippen molar-refractivity contribution in [1.82, 2.24) is 4.90 Å². The Kier molecular flexibility index (Phi) is 5.67. The smallest absolute Gasteiger partial charge is 0.262 e. The molecule has 1 aliphatic heterocycles. The average molecular weight is 409 g/mol. The Bertz CT molecular complexity index is 1060. The molecule has 5 nitrogen and oxygen atoms in total. The van der Waals surface area contributed by atoms with Crippen molar-refractivity contribution in [2.75, 3.05) is 25.0 Å². The fraction of sp³-hybridized carbons (Fsp3) is 0.217. The van der Waals surface area contributed by atoms with Crippen LogP contribution in [0.2, 0.25) is 5.02 Å². The second-order valence-electron chi connectivity index (χ2n) is 7.00. The number of hydrogen-bond donors (Lipinski definition) is 1. The summed E-state index contributed by atoms with van der Waals surface area (Å²) in [6.45, 7) is 1.30. The Balaban J connectivity index is 1.48. The number of carbonyl (C=O) groups is 2. The molecule has 2 amide bonds. The molecule has 1 aliphatic rings. The summed E-state index contributed by atoms with van der Waals surface area (Å²) in [6.07, 6.45) is 2.00. The minimum atomic E-state index is -0.351. The molecule has 1 N–H and O–H groups in total. The summed E-state index contributed by atoms with van der Waals surface area (Å²) in [5, 5.41) is 5.21. The molecule has 0 saturated carbocycles. The fourth-order valence-electron chi connectivity index (χ4n) is 3.55. The third-order valence-corrected chi connectivity index (χ3v) is 5.22. The average Bonchev–Trinajstić information content (AvgIpc) is 3.27. The monoisotopic (exact) mass is 408 g/mol. The van der Waals surface area contributed by atoms with Crippen LogP contribution in [-0.4, -0.2) is 36.4 Å². The first-order valence-electron chi connectivity index (χ1n) is 9.61. The number of nitrogens with one attached hydrogen (secondary N) is 1. The predicted molar refractivity (Wildman–Crippen MR) is 115 cm³/mol. The second-order valence-corrected chi connectivity index (χ2v) is 7.44. The molecule has 4 rings (SSSR count). The summed E-state index contributed by atoms with van der Waals surface area (Å²) < 4.78 is 5.74. The lowest BCUT2D eigenvalue weighted by atomic mass is 10.1. The van der Waals surface area contributed by atoms with E-state index in [9.17, 15) is 9.59 Å². The van der Waals surface area contributed by atoms with Crippen molar-refractivity contribution in [3.05, 3.63) is 71.2 Å². The highest BCUT2D eigenvalue weighted by molar-refractivity contribution is 6.31. The van der Waals surface area contributed by atoms with Crippen molar-refractivity contribution in [3.63, 3.8) is 0 Å². The molecule has 0 aromatic heterocycles. The number of hydrogen-bond acceptors (Lipinski definition) is 3. The summed E-state index contributed by atoms with van der Waals surface area (Å²) in [5.41, 5.74) is 0.843. The number of rotatable bonds is 5. The van der Waals surface area contributed by atoms with Crippen LogP contribution in [0, 0.1) is 0 Å². The van der Waals surface area contributed by atoms with Gasteiger partial charge in [0.05, 0.1) is 11.3 Å². The lowest BCUT2D eigenvalue weighted by Crippen LogP contribution is -2.29. The zero-order valence-corrected chi connectivity index (χ0v) is 16.6. The normalized spacial score (nSPS) is 13.5. The molecular weight excluding hydrogens is 388 g/mol. The summed E-state index contributed by atoms with van der Waals surface area (Å²) >= 11 is 6.10. The molecule has 148 valence electrons. The molecule has 0 unspecified atom stereocenters. The van der Waals surface area contributed by atoms with Gasteiger partial charge in [0, 0.05) is 23.5 Å². The van der Waals surface area contributed by atoms with Gasteiger partial charge in [-0.15, -0.1) is 0 Å². The highest BCUT2D eigenvalue weighted by Crippen LogP contribution is 2.26. The Morgan fingerprint density at radius 1 is 1.00 bits per heavy atom. The number of carbonyl (C=O) groups excluding carboxylic acids is 2. The topological polar surface area (TPSA) is 58.6 Å². The number of likely N-dealkylation sites (tertiary alicyclic amines) is 1. The number of ether oxygens (including phenoxy) is 1. The molecule has 3 aromatic carbocycles. The number of nitrogens with zero attached hydrogens (tertiary/aromatic N) is 1. The Morgan fingerprint density at radius 2 is 1.76 bits per heavy atom. The van der Waals surface area contributed by atoms with Crippen molar-refractivity contribution in [2.24, 2.45) is 0 Å². The molecule has 1 fully saturated rings. The van der Waals surface area contributed by atoms with Crippen LogP contribution in [0.3, 0.4) is 0 Å². The highest BCUT2D eigenvalue weighted by atomic mass is 35.5. The van der Waals surface area contributed by atoms with Gasteiger partial charge < -0.3 is 15.0 Å². The van der Waals surface area contributed by atoms with Gasteiger partial charge in [-0.25, -0.2) is 0 Å². The SMILES string of the molecule is O=C(COc1cccc2ccccc12)Nc1cc(Cl)ccc1C(=O)N1CCCC1. The summed E-state index contributed by atoms with van der Waals surface area (Å²) in [6, 6.07) is 18.4. The quantitative estimate of drug-likeness (QED) is 0.663. The van der Waals surface area contributed by atoms with Gasteiger partial charge in [0.1, 0.15) is 5.75 Å². The van der Waals surface area contributed by atoms with Crippen molar-refractivity contribution in [1.29, 1.82) is 0 Å². The van der Waals surface area contributed by atoms with Crippen LogP contribution in [-0.2, 0) is 4.79 Å². The third kappa shape index (κ3) is 4.35. The van der Waals surface area contributed by atoms with Crippen LogP contribution in [0.25, 0.3) is 10.8 Å². The van der Waals surface area contributed by atoms with Crippen molar-refractivity contribution < 1.29 is 14.3 Å². The summed E-state index contributed by atoms with van der Waals surface area (Å²) in [4.78, 5) is 27.1. The molecule has 1 saturated heterocycles. The van der Waals surface area contributed by atoms with Gasteiger partial charge in [0.15, 0.2) is 6.61 Å². The lowest BCUT2D eigenvalue weighted by Gasteiger charge is -2.18. The largest absolute Gasteiger partial charge is 0.483 e. The van der Waals surface area contributed by atoms with Crippen LogP contribution >= 0.6 is 11.6 Å². The summed E-state index contributed by atoms with van der Waals surface area (Å²) in [7, 11) is 0. The minimum absolute atomic E-state index is 0.0931. The second kappa shape index (κ2) is 8.53. The van der Waals surface area contributed by atoms with E-state index in [4.69, 9.17) is 16.3 Å². The van der Waals surface area contributed by atoms with Crippen LogP contribution in [0.1, 0.15) is 23.2 Å². The number of amides is 2. The van der Waals surface area contributed by atoms with E-state index in [1.165, 1.54) is 0 Å². The van der Waals surface area contributed by atoms with Crippen LogP contribution in [0.15, 0.2) is 60.7 Å². The predicted octanol–water partition coefficient (Wildman–Crippen LogP) is 4.75. The van der Waals surface area contributed by atoms with Gasteiger partial charge in [-0.05, 0) is 42.5 Å². The van der Waals surface area contributed by atoms with Crippen molar-refractivity contribution >= 4 is 39.9 Å². The molecule has 1 heterocycles. The van der Waals surface area contributed by atoms with Gasteiger partial charge in [-0.3, -0.25) is 9.59 Å². The highest BCUT2D eigenvalue weighted by Gasteiger charge is 2.22. The van der Waals surface area contributed by atoms with E-state index in [2.05, 4.69) is 5.32 Å². The van der Waals surface area contributed by atoms with Crippen LogP contribution in [0.4, 0.5) is 5.69 Å². The minimum Gasteiger partial charge on any atom is -0.483 e. The standard InChI is InChI=1S/C23H21ClN2O3/c24-17-10-11-19(23(28)26-12-3-4-13-26)20(14-17)25-22(27)15-29-21-9-5-7-16-6-1-2-8-18(16)21/h1-2,5-11,14H,3-4,12-13,15H2,(H,25,27). The molecular formula is C23H21ClN2O3. The van der Waals surface area contributed by atoms with Gasteiger partial charge >= 0.3 is 0 Å². The zero-order valence-electron chi connectivity index (χ0n) is 15.9. The zero-order chi connectivity index (χ0) is 20.2. The molecule has 0 spiro atoms. The first kappa shape index (κ1) is 19.3. The number of fused-ring (bicyclic) bond motifs is 1. The van der Waals surface area contributed by atoms with Gasteiger partial charge in [0.25, 0.3) is 11.8 Å². The molecule has 0 atom stereocenters.